The minimum absolute atomic E-state index is 0.0719. The van der Waals surface area contributed by atoms with Crippen molar-refractivity contribution in [3.8, 4) is 5.69 Å². The number of aromatic nitrogens is 5. The lowest BCUT2D eigenvalue weighted by molar-refractivity contribution is -0.380. The maximum Gasteiger partial charge on any atom is 0.389 e. The Hall–Kier alpha value is -4.93. The second-order valence-corrected chi connectivity index (χ2v) is 11.3. The van der Waals surface area contributed by atoms with Gasteiger partial charge < -0.3 is 35.2 Å². The van der Waals surface area contributed by atoms with Gasteiger partial charge in [-0.2, -0.15) is 9.78 Å². The normalized spacial score (nSPS) is 12.1. The highest BCUT2D eigenvalue weighted by Gasteiger charge is 2.31. The number of halogens is 3. The molecule has 0 radical (unpaired) electrons. The second kappa shape index (κ2) is 13.8. The van der Waals surface area contributed by atoms with Crippen LogP contribution in [-0.2, 0) is 26.9 Å². The van der Waals surface area contributed by atoms with Crippen molar-refractivity contribution >= 4 is 63.6 Å². The summed E-state index contributed by atoms with van der Waals surface area (Å²) in [6.45, 7) is -0.738. The molecule has 0 aliphatic carbocycles. The van der Waals surface area contributed by atoms with Crippen LogP contribution in [0, 0.1) is 5.82 Å². The fraction of sp³-hybridized carbons (Fsp3) is 0.200. The molecule has 47 heavy (non-hydrogen) atoms. The van der Waals surface area contributed by atoms with Crippen molar-refractivity contribution in [2.75, 3.05) is 30.4 Å². The number of aliphatic hydroxyl groups is 3. The van der Waals surface area contributed by atoms with E-state index in [-0.39, 0.29) is 29.3 Å². The first-order valence-electron chi connectivity index (χ1n) is 13.9. The van der Waals surface area contributed by atoms with Crippen LogP contribution in [0.15, 0.2) is 73.1 Å². The average molecular weight is 686 g/mol. The van der Waals surface area contributed by atoms with Crippen LogP contribution in [0.25, 0.3) is 16.6 Å². The van der Waals surface area contributed by atoms with Gasteiger partial charge in [0, 0.05) is 35.8 Å². The first kappa shape index (κ1) is 33.4. The van der Waals surface area contributed by atoms with Gasteiger partial charge in [0.25, 0.3) is 0 Å². The lowest BCUT2D eigenvalue weighted by Crippen LogP contribution is -2.52. The molecule has 244 valence electrons. The maximum atomic E-state index is 13.9. The number of hydrogen-bond acceptors (Lipinski definition) is 10. The Labute approximate surface area is 276 Å². The topological polar surface area (TPSA) is 179 Å². The highest BCUT2D eigenvalue weighted by atomic mass is 35.5. The van der Waals surface area contributed by atoms with Gasteiger partial charge in [0.15, 0.2) is 5.15 Å². The molecule has 3 aromatic carbocycles. The van der Waals surface area contributed by atoms with E-state index in [4.69, 9.17) is 23.2 Å². The van der Waals surface area contributed by atoms with E-state index in [1.54, 1.807) is 30.1 Å². The van der Waals surface area contributed by atoms with Crippen LogP contribution >= 0.6 is 23.2 Å². The van der Waals surface area contributed by atoms with Crippen molar-refractivity contribution in [3.05, 3.63) is 94.6 Å². The summed E-state index contributed by atoms with van der Waals surface area (Å²) in [4.78, 5) is 42.3. The summed E-state index contributed by atoms with van der Waals surface area (Å²) in [7, 11) is 1.62. The number of benzene rings is 3. The summed E-state index contributed by atoms with van der Waals surface area (Å²) in [5, 5.41) is 43.6. The molecule has 5 rings (SSSR count). The first-order valence-corrected chi connectivity index (χ1v) is 14.6. The van der Waals surface area contributed by atoms with Gasteiger partial charge in [-0.25, -0.2) is 9.07 Å². The van der Waals surface area contributed by atoms with E-state index in [1.165, 1.54) is 53.3 Å². The SMILES string of the molecule is CN(CC(=O)N(CC=O)C(Cc1ccc(F)cc1)C(=O)Nc1ccc2nn(C(O)(O)O)cc2c1)c1cc(Cl)ccc1-n1cc(Cl)nn1. The van der Waals surface area contributed by atoms with Gasteiger partial charge in [-0.05, 0) is 54.1 Å². The van der Waals surface area contributed by atoms with Gasteiger partial charge in [-0.1, -0.05) is 40.5 Å². The monoisotopic (exact) mass is 684 g/mol. The number of nitrogens with one attached hydrogen (secondary N) is 1. The fourth-order valence-corrected chi connectivity index (χ4v) is 5.18. The Morgan fingerprint density at radius 1 is 1.06 bits per heavy atom. The van der Waals surface area contributed by atoms with E-state index in [0.717, 1.165) is 11.1 Å². The number of anilines is 2. The number of nitrogens with zero attached hydrogens (tertiary/aromatic N) is 7. The smallest absolute Gasteiger partial charge is 0.363 e. The number of carbonyl (C=O) groups is 3. The van der Waals surface area contributed by atoms with Gasteiger partial charge in [0.05, 0.1) is 36.2 Å². The van der Waals surface area contributed by atoms with Gasteiger partial charge >= 0.3 is 6.10 Å². The summed E-state index contributed by atoms with van der Waals surface area (Å²) in [5.41, 5.74) is 2.03. The summed E-state index contributed by atoms with van der Waals surface area (Å²) < 4.78 is 15.6. The number of rotatable bonds is 12. The van der Waals surface area contributed by atoms with Crippen LogP contribution in [-0.4, -0.2) is 89.3 Å². The number of aldehydes is 1. The number of fused-ring (bicyclic) bond motifs is 1. The van der Waals surface area contributed by atoms with Crippen LogP contribution in [0.1, 0.15) is 5.56 Å². The molecule has 0 spiro atoms. The van der Waals surface area contributed by atoms with Crippen LogP contribution in [0.4, 0.5) is 15.8 Å². The predicted octanol–water partition coefficient (Wildman–Crippen LogP) is 2.32. The quantitative estimate of drug-likeness (QED) is 0.113. The van der Waals surface area contributed by atoms with Crippen molar-refractivity contribution < 1.29 is 34.1 Å². The van der Waals surface area contributed by atoms with E-state index in [0.29, 0.717) is 38.3 Å². The summed E-state index contributed by atoms with van der Waals surface area (Å²) in [6.07, 6.45) is -0.189. The lowest BCUT2D eigenvalue weighted by atomic mass is 10.0. The molecule has 2 aromatic heterocycles. The van der Waals surface area contributed by atoms with E-state index >= 15 is 0 Å². The lowest BCUT2D eigenvalue weighted by Gasteiger charge is -2.32. The van der Waals surface area contributed by atoms with Gasteiger partial charge in [-0.3, -0.25) is 9.59 Å². The molecular weight excluding hydrogens is 658 g/mol. The van der Waals surface area contributed by atoms with Crippen molar-refractivity contribution in [3.63, 3.8) is 0 Å². The zero-order valence-corrected chi connectivity index (χ0v) is 26.0. The molecule has 14 nitrogen and oxygen atoms in total. The number of amides is 2. The van der Waals surface area contributed by atoms with Crippen molar-refractivity contribution in [2.24, 2.45) is 0 Å². The van der Waals surface area contributed by atoms with Crippen molar-refractivity contribution in [2.45, 2.75) is 18.6 Å². The zero-order valence-electron chi connectivity index (χ0n) is 24.5. The van der Waals surface area contributed by atoms with Crippen molar-refractivity contribution in [1.29, 1.82) is 0 Å². The summed E-state index contributed by atoms with van der Waals surface area (Å²) in [6, 6.07) is 13.5. The standard InChI is InChI=1S/C30H27Cl2FN8O6/c1-38(25-14-20(31)4-9-24(25)40-16-27(32)35-37-40)17-28(43)39(10-11-42)26(12-18-2-5-21(33)6-3-18)29(44)34-22-7-8-23-19(13-22)15-41(36-23)30(45,46)47/h2-9,11,13-16,26,45-47H,10,12,17H2,1H3,(H,34,44). The Morgan fingerprint density at radius 3 is 2.47 bits per heavy atom. The molecule has 0 fully saturated rings. The van der Waals surface area contributed by atoms with Crippen LogP contribution < -0.4 is 10.2 Å². The number of carbonyl (C=O) groups excluding carboxylic acids is 3. The molecular formula is C30H27Cl2FN8O6. The first-order chi connectivity index (χ1) is 22.3. The van der Waals surface area contributed by atoms with E-state index in [1.807, 2.05) is 0 Å². The van der Waals surface area contributed by atoms with E-state index < -0.39 is 36.3 Å². The molecule has 2 amide bonds. The molecule has 0 bridgehead atoms. The average Bonchev–Trinajstić information content (AvgIpc) is 3.66. The summed E-state index contributed by atoms with van der Waals surface area (Å²) >= 11 is 12.2. The molecule has 17 heteroatoms. The van der Waals surface area contributed by atoms with Gasteiger partial charge in [0.1, 0.15) is 18.1 Å². The second-order valence-electron chi connectivity index (χ2n) is 10.5. The van der Waals surface area contributed by atoms with Gasteiger partial charge in [0.2, 0.25) is 11.8 Å². The largest absolute Gasteiger partial charge is 0.389 e. The molecule has 0 aliphatic heterocycles. The minimum Gasteiger partial charge on any atom is -0.363 e. The Kier molecular flexibility index (Phi) is 9.83. The van der Waals surface area contributed by atoms with Crippen molar-refractivity contribution in [1.82, 2.24) is 29.7 Å². The molecule has 0 saturated carbocycles. The molecule has 2 heterocycles. The zero-order chi connectivity index (χ0) is 33.9. The predicted molar refractivity (Wildman–Crippen MR) is 169 cm³/mol. The third-order valence-corrected chi connectivity index (χ3v) is 7.53. The highest BCUT2D eigenvalue weighted by Crippen LogP contribution is 2.28. The maximum absolute atomic E-state index is 13.9. The van der Waals surface area contributed by atoms with Crippen LogP contribution in [0.2, 0.25) is 10.2 Å². The third-order valence-electron chi connectivity index (χ3n) is 7.13. The Bertz CT molecular complexity index is 1930. The number of hydrogen-bond donors (Lipinski definition) is 4. The fourth-order valence-electron chi connectivity index (χ4n) is 4.89. The molecule has 0 saturated heterocycles. The van der Waals surface area contributed by atoms with E-state index in [9.17, 15) is 34.1 Å². The Balaban J connectivity index is 1.44. The molecule has 1 unspecified atom stereocenters. The number of likely N-dealkylation sites (N-methyl/N-ethyl adjacent to an activating group) is 1. The Morgan fingerprint density at radius 2 is 1.81 bits per heavy atom. The van der Waals surface area contributed by atoms with Crippen LogP contribution in [0.3, 0.4) is 0 Å². The molecule has 4 N–H and O–H groups in total. The summed E-state index contributed by atoms with van der Waals surface area (Å²) in [5.74, 6) is -1.75. The van der Waals surface area contributed by atoms with Crippen LogP contribution in [0.5, 0.6) is 0 Å². The molecule has 0 aliphatic rings. The molecule has 5 aromatic rings. The minimum atomic E-state index is -3.24. The van der Waals surface area contributed by atoms with E-state index in [2.05, 4.69) is 20.7 Å². The third kappa shape index (κ3) is 7.90. The van der Waals surface area contributed by atoms with Gasteiger partial charge in [-0.15, -0.1) is 5.10 Å². The molecule has 1 atom stereocenters. The highest BCUT2D eigenvalue weighted by molar-refractivity contribution is 6.31.